The van der Waals surface area contributed by atoms with Crippen LogP contribution < -0.4 is 15.4 Å². The Bertz CT molecular complexity index is 919. The largest absolute Gasteiger partial charge is 0.494 e. The first kappa shape index (κ1) is 22.3. The minimum absolute atomic E-state index is 0.0512. The monoisotopic (exact) mass is 436 g/mol. The molecule has 1 aliphatic carbocycles. The van der Waals surface area contributed by atoms with E-state index >= 15 is 0 Å². The van der Waals surface area contributed by atoms with Gasteiger partial charge in [-0.25, -0.2) is 0 Å². The third kappa shape index (κ3) is 6.55. The van der Waals surface area contributed by atoms with Crippen LogP contribution >= 0.6 is 0 Å². The number of amides is 2. The first-order valence-electron chi connectivity index (χ1n) is 11.5. The van der Waals surface area contributed by atoms with Crippen LogP contribution in [0.3, 0.4) is 0 Å². The molecule has 7 nitrogen and oxygen atoms in total. The lowest BCUT2D eigenvalue weighted by Crippen LogP contribution is -2.48. The van der Waals surface area contributed by atoms with Gasteiger partial charge in [-0.05, 0) is 55.7 Å². The van der Waals surface area contributed by atoms with Crippen LogP contribution in [-0.2, 0) is 11.3 Å². The molecule has 0 radical (unpaired) electrons. The molecule has 2 fully saturated rings. The number of anilines is 1. The predicted molar refractivity (Wildman–Crippen MR) is 125 cm³/mol. The van der Waals surface area contributed by atoms with Gasteiger partial charge in [0.15, 0.2) is 0 Å². The van der Waals surface area contributed by atoms with Gasteiger partial charge in [0.25, 0.3) is 5.91 Å². The zero-order valence-corrected chi connectivity index (χ0v) is 18.7. The zero-order chi connectivity index (χ0) is 22.3. The highest BCUT2D eigenvalue weighted by atomic mass is 16.5. The van der Waals surface area contributed by atoms with Crippen molar-refractivity contribution in [2.45, 2.75) is 32.4 Å². The number of hydrogen-bond acceptors (Lipinski definition) is 5. The molecule has 1 heterocycles. The highest BCUT2D eigenvalue weighted by Gasteiger charge is 2.24. The van der Waals surface area contributed by atoms with E-state index in [0.717, 1.165) is 51.3 Å². The molecule has 1 aliphatic heterocycles. The fraction of sp³-hybridized carbons (Fsp3) is 0.440. The fourth-order valence-corrected chi connectivity index (χ4v) is 3.86. The van der Waals surface area contributed by atoms with Crippen LogP contribution in [0.25, 0.3) is 0 Å². The highest BCUT2D eigenvalue weighted by Crippen LogP contribution is 2.20. The second-order valence-electron chi connectivity index (χ2n) is 8.51. The third-order valence-corrected chi connectivity index (χ3v) is 5.79. The second kappa shape index (κ2) is 10.6. The topological polar surface area (TPSA) is 73.9 Å². The first-order valence-corrected chi connectivity index (χ1v) is 11.5. The van der Waals surface area contributed by atoms with E-state index in [2.05, 4.69) is 32.6 Å². The third-order valence-electron chi connectivity index (χ3n) is 5.79. The van der Waals surface area contributed by atoms with Gasteiger partial charge in [-0.1, -0.05) is 18.2 Å². The van der Waals surface area contributed by atoms with Gasteiger partial charge >= 0.3 is 0 Å². The molecule has 2 aliphatic rings. The van der Waals surface area contributed by atoms with Gasteiger partial charge in [0.2, 0.25) is 5.91 Å². The lowest BCUT2D eigenvalue weighted by atomic mass is 10.2. The second-order valence-corrected chi connectivity index (χ2v) is 8.51. The van der Waals surface area contributed by atoms with Crippen LogP contribution in [0.2, 0.25) is 0 Å². The van der Waals surface area contributed by atoms with Crippen LogP contribution in [0.4, 0.5) is 5.69 Å². The minimum atomic E-state index is -0.0766. The molecule has 2 amide bonds. The summed E-state index contributed by atoms with van der Waals surface area (Å²) in [7, 11) is 0. The van der Waals surface area contributed by atoms with Gasteiger partial charge in [-0.3, -0.25) is 19.4 Å². The normalized spacial score (nSPS) is 17.0. The lowest BCUT2D eigenvalue weighted by Gasteiger charge is -2.34. The van der Waals surface area contributed by atoms with Crippen LogP contribution in [0.5, 0.6) is 5.75 Å². The smallest absolute Gasteiger partial charge is 0.251 e. The van der Waals surface area contributed by atoms with Gasteiger partial charge in [0, 0.05) is 50.0 Å². The summed E-state index contributed by atoms with van der Waals surface area (Å²) in [4.78, 5) is 29.3. The molecular formula is C25H32N4O3. The number of piperazine rings is 1. The standard InChI is InChI=1S/C25H32N4O3/c1-2-32-23-10-6-19(7-11-23)17-28-12-14-29(15-13-28)18-24(30)26-22-5-3-4-20(16-22)25(31)27-21-8-9-21/h3-7,10-11,16,21H,2,8-9,12-15,17-18H2,1H3,(H,26,30)(H,27,31). The first-order chi connectivity index (χ1) is 15.6. The molecule has 0 atom stereocenters. The number of nitrogens with one attached hydrogen (secondary N) is 2. The summed E-state index contributed by atoms with van der Waals surface area (Å²) in [6.07, 6.45) is 2.10. The number of carbonyl (C=O) groups is 2. The molecule has 0 unspecified atom stereocenters. The Morgan fingerprint density at radius 3 is 2.41 bits per heavy atom. The van der Waals surface area contributed by atoms with Gasteiger partial charge < -0.3 is 15.4 Å². The molecule has 2 aromatic rings. The van der Waals surface area contributed by atoms with Crippen molar-refractivity contribution in [3.8, 4) is 5.75 Å². The maximum absolute atomic E-state index is 12.5. The summed E-state index contributed by atoms with van der Waals surface area (Å²) in [5.41, 5.74) is 2.51. The number of carbonyl (C=O) groups excluding carboxylic acids is 2. The molecule has 1 saturated carbocycles. The summed E-state index contributed by atoms with van der Waals surface area (Å²) in [5, 5.41) is 5.91. The van der Waals surface area contributed by atoms with Gasteiger partial charge in [0.1, 0.15) is 5.75 Å². The van der Waals surface area contributed by atoms with Crippen molar-refractivity contribution >= 4 is 17.5 Å². The number of hydrogen-bond donors (Lipinski definition) is 2. The number of ether oxygens (including phenoxy) is 1. The average molecular weight is 437 g/mol. The molecule has 2 aromatic carbocycles. The quantitative estimate of drug-likeness (QED) is 0.632. The van der Waals surface area contributed by atoms with E-state index in [1.807, 2.05) is 25.1 Å². The molecule has 32 heavy (non-hydrogen) atoms. The van der Waals surface area contributed by atoms with Crippen LogP contribution in [0.15, 0.2) is 48.5 Å². The zero-order valence-electron chi connectivity index (χ0n) is 18.7. The predicted octanol–water partition coefficient (Wildman–Crippen LogP) is 2.73. The Labute approximate surface area is 189 Å². The maximum Gasteiger partial charge on any atom is 0.251 e. The van der Waals surface area contributed by atoms with E-state index in [1.54, 1.807) is 18.2 Å². The van der Waals surface area contributed by atoms with Gasteiger partial charge in [-0.15, -0.1) is 0 Å². The maximum atomic E-state index is 12.5. The molecule has 0 aromatic heterocycles. The number of rotatable bonds is 9. The summed E-state index contributed by atoms with van der Waals surface area (Å²) in [6, 6.07) is 15.7. The van der Waals surface area contributed by atoms with Gasteiger partial charge in [-0.2, -0.15) is 0 Å². The fourth-order valence-electron chi connectivity index (χ4n) is 3.86. The molecule has 7 heteroatoms. The Hall–Kier alpha value is -2.90. The SMILES string of the molecule is CCOc1ccc(CN2CCN(CC(=O)Nc3cccc(C(=O)NC4CC4)c3)CC2)cc1. The Kier molecular flexibility index (Phi) is 7.39. The number of benzene rings is 2. The van der Waals surface area contributed by atoms with Crippen molar-refractivity contribution in [1.82, 2.24) is 15.1 Å². The summed E-state index contributed by atoms with van der Waals surface area (Å²) in [6.45, 7) is 7.49. The van der Waals surface area contributed by atoms with Gasteiger partial charge in [0.05, 0.1) is 13.2 Å². The Balaban J connectivity index is 1.20. The minimum Gasteiger partial charge on any atom is -0.494 e. The van der Waals surface area contributed by atoms with Crippen LogP contribution in [0.1, 0.15) is 35.7 Å². The Morgan fingerprint density at radius 1 is 1.00 bits per heavy atom. The lowest BCUT2D eigenvalue weighted by molar-refractivity contribution is -0.117. The average Bonchev–Trinajstić information content (AvgIpc) is 3.61. The van der Waals surface area contributed by atoms with E-state index in [0.29, 0.717) is 30.4 Å². The van der Waals surface area contributed by atoms with E-state index in [4.69, 9.17) is 4.74 Å². The van der Waals surface area contributed by atoms with Crippen molar-refractivity contribution < 1.29 is 14.3 Å². The molecule has 0 spiro atoms. The van der Waals surface area contributed by atoms with E-state index in [9.17, 15) is 9.59 Å². The van der Waals surface area contributed by atoms with Crippen molar-refractivity contribution in [3.63, 3.8) is 0 Å². The van der Waals surface area contributed by atoms with E-state index in [1.165, 1.54) is 5.56 Å². The molecule has 170 valence electrons. The molecule has 2 N–H and O–H groups in total. The summed E-state index contributed by atoms with van der Waals surface area (Å²) in [5.74, 6) is 0.776. The van der Waals surface area contributed by atoms with Crippen molar-refractivity contribution in [2.75, 3.05) is 44.6 Å². The summed E-state index contributed by atoms with van der Waals surface area (Å²) < 4.78 is 5.50. The molecule has 4 rings (SSSR count). The van der Waals surface area contributed by atoms with Crippen LogP contribution in [0, 0.1) is 0 Å². The Morgan fingerprint density at radius 2 is 1.72 bits per heavy atom. The van der Waals surface area contributed by atoms with Crippen molar-refractivity contribution in [2.24, 2.45) is 0 Å². The highest BCUT2D eigenvalue weighted by molar-refractivity contribution is 5.97. The van der Waals surface area contributed by atoms with Crippen molar-refractivity contribution in [1.29, 1.82) is 0 Å². The molecule has 0 bridgehead atoms. The van der Waals surface area contributed by atoms with E-state index < -0.39 is 0 Å². The van der Waals surface area contributed by atoms with Crippen molar-refractivity contribution in [3.05, 3.63) is 59.7 Å². The summed E-state index contributed by atoms with van der Waals surface area (Å²) >= 11 is 0. The van der Waals surface area contributed by atoms with Crippen LogP contribution in [-0.4, -0.2) is 67.0 Å². The molecular weight excluding hydrogens is 404 g/mol. The number of nitrogens with zero attached hydrogens (tertiary/aromatic N) is 2. The van der Waals surface area contributed by atoms with E-state index in [-0.39, 0.29) is 11.8 Å². The molecule has 1 saturated heterocycles.